The third-order valence-corrected chi connectivity index (χ3v) is 3.20. The number of rotatable bonds is 8. The summed E-state index contributed by atoms with van der Waals surface area (Å²) in [6.45, 7) is 5.80. The predicted octanol–water partition coefficient (Wildman–Crippen LogP) is 2.89. The minimum Gasteiger partial charge on any atom is -0.492 e. The Morgan fingerprint density at radius 2 is 2.11 bits per heavy atom. The minimum absolute atomic E-state index is 0.753. The van der Waals surface area contributed by atoms with Crippen LogP contribution < -0.4 is 10.1 Å². The first-order valence-electron chi connectivity index (χ1n) is 6.40. The molecule has 0 saturated carbocycles. The molecule has 1 aromatic rings. The Hall–Kier alpha value is -0.580. The number of ether oxygens (including phenoxy) is 1. The standard InChI is InChI=1S/C14H23BrN2O/c1-4-16-11-12-6-7-14(13(15)10-12)18-9-5-8-17(2)3/h6-7,10,16H,4-5,8-9,11H2,1-3H3. The van der Waals surface area contributed by atoms with Crippen LogP contribution >= 0.6 is 15.9 Å². The van der Waals surface area contributed by atoms with Crippen LogP contribution in [0.1, 0.15) is 18.9 Å². The molecule has 0 atom stereocenters. The zero-order chi connectivity index (χ0) is 13.4. The Morgan fingerprint density at radius 3 is 2.72 bits per heavy atom. The molecule has 4 heteroatoms. The van der Waals surface area contributed by atoms with Crippen LogP contribution in [0.15, 0.2) is 22.7 Å². The van der Waals surface area contributed by atoms with Crippen LogP contribution in [0.5, 0.6) is 5.75 Å². The Bertz CT molecular complexity index is 356. The molecular weight excluding hydrogens is 292 g/mol. The van der Waals surface area contributed by atoms with Crippen molar-refractivity contribution < 1.29 is 4.74 Å². The molecule has 0 aliphatic carbocycles. The van der Waals surface area contributed by atoms with Gasteiger partial charge in [0.1, 0.15) is 5.75 Å². The Kier molecular flexibility index (Phi) is 7.32. The van der Waals surface area contributed by atoms with Crippen LogP contribution in [-0.4, -0.2) is 38.7 Å². The van der Waals surface area contributed by atoms with Gasteiger partial charge < -0.3 is 15.0 Å². The van der Waals surface area contributed by atoms with E-state index in [2.05, 4.69) is 59.3 Å². The van der Waals surface area contributed by atoms with Gasteiger partial charge in [-0.1, -0.05) is 13.0 Å². The zero-order valence-corrected chi connectivity index (χ0v) is 13.1. The van der Waals surface area contributed by atoms with Gasteiger partial charge in [-0.3, -0.25) is 0 Å². The van der Waals surface area contributed by atoms with Gasteiger partial charge in [0.05, 0.1) is 11.1 Å². The van der Waals surface area contributed by atoms with Gasteiger partial charge >= 0.3 is 0 Å². The fourth-order valence-electron chi connectivity index (χ4n) is 1.60. The summed E-state index contributed by atoms with van der Waals surface area (Å²) in [6, 6.07) is 6.26. The second-order valence-corrected chi connectivity index (χ2v) is 5.40. The first kappa shape index (κ1) is 15.5. The Morgan fingerprint density at radius 1 is 1.33 bits per heavy atom. The largest absolute Gasteiger partial charge is 0.492 e. The van der Waals surface area contributed by atoms with Crippen molar-refractivity contribution >= 4 is 15.9 Å². The summed E-state index contributed by atoms with van der Waals surface area (Å²) >= 11 is 3.56. The first-order valence-corrected chi connectivity index (χ1v) is 7.19. The summed E-state index contributed by atoms with van der Waals surface area (Å²) in [4.78, 5) is 2.16. The van der Waals surface area contributed by atoms with Gasteiger partial charge in [-0.15, -0.1) is 0 Å². The third kappa shape index (κ3) is 5.85. The molecule has 0 spiro atoms. The SMILES string of the molecule is CCNCc1ccc(OCCCN(C)C)c(Br)c1. The van der Waals surface area contributed by atoms with Crippen LogP contribution in [0.4, 0.5) is 0 Å². The minimum atomic E-state index is 0.753. The summed E-state index contributed by atoms with van der Waals surface area (Å²) in [5, 5.41) is 3.31. The van der Waals surface area contributed by atoms with E-state index in [4.69, 9.17) is 4.74 Å². The van der Waals surface area contributed by atoms with Gasteiger partial charge in [0, 0.05) is 13.1 Å². The van der Waals surface area contributed by atoms with Crippen molar-refractivity contribution in [3.05, 3.63) is 28.2 Å². The monoisotopic (exact) mass is 314 g/mol. The molecule has 18 heavy (non-hydrogen) atoms. The molecular formula is C14H23BrN2O. The second-order valence-electron chi connectivity index (χ2n) is 4.55. The van der Waals surface area contributed by atoms with Crippen LogP contribution in [0.2, 0.25) is 0 Å². The van der Waals surface area contributed by atoms with Crippen LogP contribution in [0, 0.1) is 0 Å². The molecule has 0 bridgehead atoms. The van der Waals surface area contributed by atoms with Crippen molar-refractivity contribution in [2.24, 2.45) is 0 Å². The molecule has 0 radical (unpaired) electrons. The molecule has 0 aromatic heterocycles. The van der Waals surface area contributed by atoms with E-state index in [1.165, 1.54) is 5.56 Å². The van der Waals surface area contributed by atoms with Crippen molar-refractivity contribution in [3.8, 4) is 5.75 Å². The van der Waals surface area contributed by atoms with Crippen LogP contribution in [-0.2, 0) is 6.54 Å². The highest BCUT2D eigenvalue weighted by molar-refractivity contribution is 9.10. The third-order valence-electron chi connectivity index (χ3n) is 2.58. The van der Waals surface area contributed by atoms with Gasteiger partial charge in [-0.2, -0.15) is 0 Å². The molecule has 3 nitrogen and oxygen atoms in total. The van der Waals surface area contributed by atoms with Gasteiger partial charge in [0.25, 0.3) is 0 Å². The molecule has 102 valence electrons. The number of nitrogens with one attached hydrogen (secondary N) is 1. The van der Waals surface area contributed by atoms with E-state index in [0.717, 1.165) is 42.9 Å². The summed E-state index contributed by atoms with van der Waals surface area (Å²) < 4.78 is 6.78. The van der Waals surface area contributed by atoms with E-state index in [1.54, 1.807) is 0 Å². The number of nitrogens with zero attached hydrogens (tertiary/aromatic N) is 1. The number of halogens is 1. The maximum absolute atomic E-state index is 5.75. The normalized spacial score (nSPS) is 10.9. The quantitative estimate of drug-likeness (QED) is 0.747. The number of hydrogen-bond donors (Lipinski definition) is 1. The lowest BCUT2D eigenvalue weighted by Gasteiger charge is -2.12. The van der Waals surface area contributed by atoms with Crippen LogP contribution in [0.3, 0.4) is 0 Å². The van der Waals surface area contributed by atoms with E-state index in [9.17, 15) is 0 Å². The maximum atomic E-state index is 5.75. The Balaban J connectivity index is 2.42. The van der Waals surface area contributed by atoms with Crippen molar-refractivity contribution in [2.45, 2.75) is 19.9 Å². The molecule has 0 heterocycles. The smallest absolute Gasteiger partial charge is 0.133 e. The molecule has 0 unspecified atom stereocenters. The van der Waals surface area contributed by atoms with Gasteiger partial charge in [0.2, 0.25) is 0 Å². The van der Waals surface area contributed by atoms with Crippen LogP contribution in [0.25, 0.3) is 0 Å². The molecule has 1 rings (SSSR count). The summed E-state index contributed by atoms with van der Waals surface area (Å²) in [5.74, 6) is 0.925. The lowest BCUT2D eigenvalue weighted by Crippen LogP contribution is -2.15. The molecule has 1 N–H and O–H groups in total. The van der Waals surface area contributed by atoms with Gasteiger partial charge in [-0.25, -0.2) is 0 Å². The fourth-order valence-corrected chi connectivity index (χ4v) is 2.14. The van der Waals surface area contributed by atoms with E-state index < -0.39 is 0 Å². The highest BCUT2D eigenvalue weighted by Gasteiger charge is 2.02. The topological polar surface area (TPSA) is 24.5 Å². The zero-order valence-electron chi connectivity index (χ0n) is 11.5. The average molecular weight is 315 g/mol. The molecule has 0 amide bonds. The van der Waals surface area contributed by atoms with E-state index in [0.29, 0.717) is 0 Å². The molecule has 0 aliphatic rings. The van der Waals surface area contributed by atoms with Gasteiger partial charge in [-0.05, 0) is 60.7 Å². The second kappa shape index (κ2) is 8.51. The first-order chi connectivity index (χ1) is 8.63. The Labute approximate surface area is 119 Å². The van der Waals surface area contributed by atoms with Gasteiger partial charge in [0.15, 0.2) is 0 Å². The van der Waals surface area contributed by atoms with Crippen molar-refractivity contribution in [2.75, 3.05) is 33.8 Å². The highest BCUT2D eigenvalue weighted by Crippen LogP contribution is 2.26. The molecule has 0 saturated heterocycles. The van der Waals surface area contributed by atoms with E-state index in [1.807, 2.05) is 6.07 Å². The van der Waals surface area contributed by atoms with E-state index in [-0.39, 0.29) is 0 Å². The average Bonchev–Trinajstić information content (AvgIpc) is 2.33. The van der Waals surface area contributed by atoms with Crippen molar-refractivity contribution in [1.82, 2.24) is 10.2 Å². The van der Waals surface area contributed by atoms with E-state index >= 15 is 0 Å². The predicted molar refractivity (Wildman–Crippen MR) is 80.2 cm³/mol. The summed E-state index contributed by atoms with van der Waals surface area (Å²) in [5.41, 5.74) is 1.27. The lowest BCUT2D eigenvalue weighted by atomic mass is 10.2. The highest BCUT2D eigenvalue weighted by atomic mass is 79.9. The molecule has 0 fully saturated rings. The fraction of sp³-hybridized carbons (Fsp3) is 0.571. The molecule has 0 aliphatic heterocycles. The summed E-state index contributed by atoms with van der Waals surface area (Å²) in [7, 11) is 4.15. The van der Waals surface area contributed by atoms with Crippen molar-refractivity contribution in [3.63, 3.8) is 0 Å². The summed E-state index contributed by atoms with van der Waals surface area (Å²) in [6.07, 6.45) is 1.04. The number of benzene rings is 1. The molecule has 1 aromatic carbocycles. The number of hydrogen-bond acceptors (Lipinski definition) is 3. The maximum Gasteiger partial charge on any atom is 0.133 e. The van der Waals surface area contributed by atoms with Crippen molar-refractivity contribution in [1.29, 1.82) is 0 Å². The lowest BCUT2D eigenvalue weighted by molar-refractivity contribution is 0.280.